The number of para-hydroxylation sites is 2. The zero-order valence-corrected chi connectivity index (χ0v) is 12.9. The summed E-state index contributed by atoms with van der Waals surface area (Å²) < 4.78 is 28.1. The summed E-state index contributed by atoms with van der Waals surface area (Å²) in [7, 11) is 0. The Kier molecular flexibility index (Phi) is 4.09. The maximum absolute atomic E-state index is 13.5. The molecule has 2 heterocycles. The third-order valence-electron chi connectivity index (χ3n) is 4.63. The number of halogens is 2. The normalized spacial score (nSPS) is 19.8. The van der Waals surface area contributed by atoms with Crippen molar-refractivity contribution in [3.05, 3.63) is 30.1 Å². The molecule has 0 spiro atoms. The minimum atomic E-state index is -2.65. The van der Waals surface area contributed by atoms with Crippen molar-refractivity contribution in [2.75, 3.05) is 13.1 Å². The van der Waals surface area contributed by atoms with Crippen molar-refractivity contribution in [3.8, 4) is 12.3 Å². The Morgan fingerprint density at radius 3 is 2.57 bits per heavy atom. The van der Waals surface area contributed by atoms with Crippen LogP contribution >= 0.6 is 0 Å². The maximum Gasteiger partial charge on any atom is 0.320 e. The van der Waals surface area contributed by atoms with Crippen molar-refractivity contribution in [3.63, 3.8) is 0 Å². The van der Waals surface area contributed by atoms with Gasteiger partial charge in [-0.15, -0.1) is 6.42 Å². The second-order valence-corrected chi connectivity index (χ2v) is 5.99. The number of likely N-dealkylation sites (tertiary alicyclic amines) is 1. The molecule has 1 N–H and O–H groups in total. The molecule has 3 rings (SSSR count). The molecule has 122 valence electrons. The molecular weight excluding hydrogens is 300 g/mol. The zero-order valence-electron chi connectivity index (χ0n) is 12.9. The quantitative estimate of drug-likeness (QED) is 0.885. The van der Waals surface area contributed by atoms with Gasteiger partial charge < -0.3 is 5.11 Å². The molecule has 1 saturated heterocycles. The Balaban J connectivity index is 1.91. The lowest BCUT2D eigenvalue weighted by atomic mass is 9.92. The molecule has 1 atom stereocenters. The van der Waals surface area contributed by atoms with E-state index in [2.05, 4.69) is 10.9 Å². The van der Waals surface area contributed by atoms with Crippen LogP contribution in [0.1, 0.15) is 38.2 Å². The SMILES string of the molecule is C#CC1(O)CCN(C(C)c2nc3ccccc3n2C(F)F)CC1. The Labute approximate surface area is 133 Å². The van der Waals surface area contributed by atoms with Crippen LogP contribution in [0.3, 0.4) is 0 Å². The number of aliphatic hydroxyl groups is 1. The fraction of sp³-hybridized carbons (Fsp3) is 0.471. The molecule has 1 aromatic heterocycles. The summed E-state index contributed by atoms with van der Waals surface area (Å²) in [5.74, 6) is 2.76. The van der Waals surface area contributed by atoms with E-state index in [4.69, 9.17) is 6.42 Å². The van der Waals surface area contributed by atoms with Crippen LogP contribution in [0, 0.1) is 12.3 Å². The van der Waals surface area contributed by atoms with Crippen LogP contribution in [0.2, 0.25) is 0 Å². The predicted molar refractivity (Wildman–Crippen MR) is 84.0 cm³/mol. The van der Waals surface area contributed by atoms with Gasteiger partial charge >= 0.3 is 6.55 Å². The van der Waals surface area contributed by atoms with Crippen LogP contribution in [0.5, 0.6) is 0 Å². The molecule has 0 saturated carbocycles. The summed E-state index contributed by atoms with van der Waals surface area (Å²) in [6, 6.07) is 6.62. The number of terminal acetylenes is 1. The number of nitrogens with zero attached hydrogens (tertiary/aromatic N) is 3. The number of imidazole rings is 1. The molecule has 0 aliphatic carbocycles. The van der Waals surface area contributed by atoms with E-state index >= 15 is 0 Å². The molecule has 1 aromatic carbocycles. The molecule has 23 heavy (non-hydrogen) atoms. The van der Waals surface area contributed by atoms with E-state index in [9.17, 15) is 13.9 Å². The fourth-order valence-electron chi connectivity index (χ4n) is 3.15. The number of benzene rings is 1. The lowest BCUT2D eigenvalue weighted by molar-refractivity contribution is 0.00956. The number of aromatic nitrogens is 2. The van der Waals surface area contributed by atoms with Gasteiger partial charge in [-0.1, -0.05) is 18.1 Å². The summed E-state index contributed by atoms with van der Waals surface area (Å²) in [6.45, 7) is 0.315. The van der Waals surface area contributed by atoms with E-state index in [1.807, 2.05) is 11.8 Å². The molecule has 0 radical (unpaired) electrons. The van der Waals surface area contributed by atoms with Gasteiger partial charge in [-0.3, -0.25) is 9.47 Å². The van der Waals surface area contributed by atoms with E-state index in [0.29, 0.717) is 42.8 Å². The summed E-state index contributed by atoms with van der Waals surface area (Å²) in [5, 5.41) is 10.1. The first-order chi connectivity index (χ1) is 10.9. The van der Waals surface area contributed by atoms with E-state index in [-0.39, 0.29) is 6.04 Å². The summed E-state index contributed by atoms with van der Waals surface area (Å²) >= 11 is 0. The van der Waals surface area contributed by atoms with Gasteiger partial charge in [-0.25, -0.2) is 4.98 Å². The van der Waals surface area contributed by atoms with Gasteiger partial charge in [-0.2, -0.15) is 8.78 Å². The predicted octanol–water partition coefficient (Wildman–Crippen LogP) is 2.95. The standard InChI is InChI=1S/C17H19F2N3O/c1-3-17(23)8-10-21(11-9-17)12(2)15-20-13-6-4-5-7-14(13)22(15)16(18)19/h1,4-7,12,16,23H,8-11H2,2H3. The second-order valence-electron chi connectivity index (χ2n) is 5.99. The third-order valence-corrected chi connectivity index (χ3v) is 4.63. The number of rotatable bonds is 3. The first-order valence-corrected chi connectivity index (χ1v) is 7.64. The Hall–Kier alpha value is -1.97. The molecule has 6 heteroatoms. The van der Waals surface area contributed by atoms with Gasteiger partial charge in [0.25, 0.3) is 0 Å². The van der Waals surface area contributed by atoms with Gasteiger partial charge in [-0.05, 0) is 19.1 Å². The zero-order chi connectivity index (χ0) is 16.6. The Bertz CT molecular complexity index is 742. The molecule has 4 nitrogen and oxygen atoms in total. The van der Waals surface area contributed by atoms with E-state index in [0.717, 1.165) is 4.57 Å². The number of hydrogen-bond acceptors (Lipinski definition) is 3. The highest BCUT2D eigenvalue weighted by Gasteiger charge is 2.34. The number of alkyl halides is 2. The lowest BCUT2D eigenvalue weighted by Crippen LogP contribution is -2.44. The maximum atomic E-state index is 13.5. The van der Waals surface area contributed by atoms with Crippen molar-refractivity contribution in [2.24, 2.45) is 0 Å². The average Bonchev–Trinajstić information content (AvgIpc) is 2.94. The van der Waals surface area contributed by atoms with Crippen LogP contribution in [0.15, 0.2) is 24.3 Å². The third kappa shape index (κ3) is 2.82. The first-order valence-electron chi connectivity index (χ1n) is 7.64. The molecule has 1 unspecified atom stereocenters. The molecular formula is C17H19F2N3O. The molecule has 1 aliphatic heterocycles. The van der Waals surface area contributed by atoms with Gasteiger partial charge in [0.05, 0.1) is 17.1 Å². The van der Waals surface area contributed by atoms with Crippen LogP contribution in [-0.2, 0) is 0 Å². The summed E-state index contributed by atoms with van der Waals surface area (Å²) in [6.07, 6.45) is 6.22. The molecule has 2 aromatic rings. The summed E-state index contributed by atoms with van der Waals surface area (Å²) in [5.41, 5.74) is -0.0905. The van der Waals surface area contributed by atoms with Crippen molar-refractivity contribution in [1.82, 2.24) is 14.5 Å². The molecule has 0 amide bonds. The topological polar surface area (TPSA) is 41.3 Å². The van der Waals surface area contributed by atoms with E-state index in [1.54, 1.807) is 24.3 Å². The smallest absolute Gasteiger partial charge is 0.320 e. The minimum Gasteiger partial charge on any atom is -0.378 e. The first kappa shape index (κ1) is 15.9. The number of piperidine rings is 1. The second kappa shape index (κ2) is 5.91. The highest BCUT2D eigenvalue weighted by molar-refractivity contribution is 5.76. The number of fused-ring (bicyclic) bond motifs is 1. The van der Waals surface area contributed by atoms with E-state index in [1.165, 1.54) is 0 Å². The molecule has 1 aliphatic rings. The van der Waals surface area contributed by atoms with Crippen molar-refractivity contribution in [1.29, 1.82) is 0 Å². The highest BCUT2D eigenvalue weighted by atomic mass is 19.3. The fourth-order valence-corrected chi connectivity index (χ4v) is 3.15. The summed E-state index contributed by atoms with van der Waals surface area (Å²) in [4.78, 5) is 6.44. The van der Waals surface area contributed by atoms with Crippen LogP contribution in [0.25, 0.3) is 11.0 Å². The van der Waals surface area contributed by atoms with Crippen LogP contribution < -0.4 is 0 Å². The largest absolute Gasteiger partial charge is 0.378 e. The van der Waals surface area contributed by atoms with Crippen LogP contribution in [-0.4, -0.2) is 38.2 Å². The molecule has 0 bridgehead atoms. The minimum absolute atomic E-state index is 0.279. The average molecular weight is 319 g/mol. The van der Waals surface area contributed by atoms with Crippen LogP contribution in [0.4, 0.5) is 8.78 Å². The Morgan fingerprint density at radius 2 is 1.96 bits per heavy atom. The van der Waals surface area contributed by atoms with Gasteiger partial charge in [0.15, 0.2) is 0 Å². The highest BCUT2D eigenvalue weighted by Crippen LogP contribution is 2.32. The van der Waals surface area contributed by atoms with Crippen molar-refractivity contribution >= 4 is 11.0 Å². The van der Waals surface area contributed by atoms with E-state index < -0.39 is 12.2 Å². The lowest BCUT2D eigenvalue weighted by Gasteiger charge is -2.38. The Morgan fingerprint density at radius 1 is 1.30 bits per heavy atom. The number of hydrogen-bond donors (Lipinski definition) is 1. The monoisotopic (exact) mass is 319 g/mol. The van der Waals surface area contributed by atoms with Crippen molar-refractivity contribution in [2.45, 2.75) is 38.0 Å². The van der Waals surface area contributed by atoms with Gasteiger partial charge in [0, 0.05) is 25.9 Å². The van der Waals surface area contributed by atoms with Gasteiger partial charge in [0.1, 0.15) is 11.4 Å². The van der Waals surface area contributed by atoms with Gasteiger partial charge in [0.2, 0.25) is 0 Å². The van der Waals surface area contributed by atoms with Crippen molar-refractivity contribution < 1.29 is 13.9 Å². The molecule has 1 fully saturated rings.